The number of rotatable bonds is 4. The minimum absolute atomic E-state index is 0.186. The van der Waals surface area contributed by atoms with Crippen LogP contribution in [0, 0.1) is 5.41 Å². The first kappa shape index (κ1) is 15.4. The number of aliphatic hydroxyl groups excluding tert-OH is 1. The van der Waals surface area contributed by atoms with Gasteiger partial charge in [0.05, 0.1) is 11.5 Å². The number of hydrogen-bond donors (Lipinski definition) is 2. The molecule has 0 aromatic heterocycles. The number of hydrogen-bond acceptors (Lipinski definition) is 4. The van der Waals surface area contributed by atoms with Crippen molar-refractivity contribution < 1.29 is 14.6 Å². The van der Waals surface area contributed by atoms with Gasteiger partial charge in [-0.25, -0.2) is 0 Å². The van der Waals surface area contributed by atoms with Crippen LogP contribution in [-0.2, 0) is 9.53 Å². The molecule has 1 fully saturated rings. The normalized spacial score (nSPS) is 21.4. The zero-order valence-electron chi connectivity index (χ0n) is 11.9. The fourth-order valence-corrected chi connectivity index (χ4v) is 2.41. The van der Waals surface area contributed by atoms with E-state index in [9.17, 15) is 9.90 Å². The molecule has 0 bridgehead atoms. The Morgan fingerprint density at radius 1 is 1.33 bits per heavy atom. The summed E-state index contributed by atoms with van der Waals surface area (Å²) in [6.07, 6.45) is 4.83. The summed E-state index contributed by atoms with van der Waals surface area (Å²) in [7, 11) is 0. The van der Waals surface area contributed by atoms with Crippen LogP contribution in [0.1, 0.15) is 59.3 Å². The molecule has 0 heterocycles. The topological polar surface area (TPSA) is 72.5 Å². The molecule has 0 aromatic rings. The minimum atomic E-state index is -0.587. The quantitative estimate of drug-likeness (QED) is 0.755. The molecule has 1 aliphatic rings. The Kier molecular flexibility index (Phi) is 5.17. The van der Waals surface area contributed by atoms with Crippen LogP contribution in [0.4, 0.5) is 0 Å². The maximum absolute atomic E-state index is 12.1. The molecule has 4 heteroatoms. The Bertz CT molecular complexity index is 277. The third kappa shape index (κ3) is 4.25. The van der Waals surface area contributed by atoms with Gasteiger partial charge in [-0.2, -0.15) is 0 Å². The lowest BCUT2D eigenvalue weighted by molar-refractivity contribution is -0.176. The van der Waals surface area contributed by atoms with Crippen molar-refractivity contribution in [3.8, 4) is 0 Å². The molecule has 106 valence electrons. The van der Waals surface area contributed by atoms with Gasteiger partial charge in [0.15, 0.2) is 0 Å². The lowest BCUT2D eigenvalue weighted by Gasteiger charge is -2.39. The minimum Gasteiger partial charge on any atom is -0.459 e. The molecule has 0 aliphatic heterocycles. The van der Waals surface area contributed by atoms with E-state index in [-0.39, 0.29) is 12.5 Å². The van der Waals surface area contributed by atoms with Crippen molar-refractivity contribution in [2.45, 2.75) is 71.0 Å². The lowest BCUT2D eigenvalue weighted by Crippen LogP contribution is -2.44. The summed E-state index contributed by atoms with van der Waals surface area (Å²) in [4.78, 5) is 12.1. The molecule has 1 atom stereocenters. The first-order valence-corrected chi connectivity index (χ1v) is 6.91. The van der Waals surface area contributed by atoms with Crippen LogP contribution in [0.2, 0.25) is 0 Å². The van der Waals surface area contributed by atoms with Crippen molar-refractivity contribution >= 4 is 5.97 Å². The van der Waals surface area contributed by atoms with Crippen molar-refractivity contribution in [3.63, 3.8) is 0 Å². The Morgan fingerprint density at radius 2 is 1.89 bits per heavy atom. The summed E-state index contributed by atoms with van der Waals surface area (Å²) in [6.45, 7) is 5.77. The smallest absolute Gasteiger partial charge is 0.311 e. The number of aliphatic hydroxyl groups is 1. The average molecular weight is 257 g/mol. The van der Waals surface area contributed by atoms with E-state index in [1.807, 2.05) is 20.8 Å². The van der Waals surface area contributed by atoms with Crippen molar-refractivity contribution in [3.05, 3.63) is 0 Å². The maximum atomic E-state index is 12.1. The number of esters is 1. The maximum Gasteiger partial charge on any atom is 0.311 e. The molecule has 0 saturated heterocycles. The van der Waals surface area contributed by atoms with E-state index in [1.54, 1.807) is 0 Å². The van der Waals surface area contributed by atoms with Crippen LogP contribution < -0.4 is 5.73 Å². The second-order valence-corrected chi connectivity index (χ2v) is 6.48. The van der Waals surface area contributed by atoms with E-state index < -0.39 is 17.1 Å². The predicted molar refractivity (Wildman–Crippen MR) is 71.0 cm³/mol. The Hall–Kier alpha value is -0.610. The zero-order chi connectivity index (χ0) is 13.8. The van der Waals surface area contributed by atoms with Crippen LogP contribution in [0.3, 0.4) is 0 Å². The third-order valence-corrected chi connectivity index (χ3v) is 3.57. The fraction of sp³-hybridized carbons (Fsp3) is 0.929. The van der Waals surface area contributed by atoms with Crippen LogP contribution in [-0.4, -0.2) is 29.3 Å². The monoisotopic (exact) mass is 257 g/mol. The second-order valence-electron chi connectivity index (χ2n) is 6.48. The highest BCUT2D eigenvalue weighted by Crippen LogP contribution is 2.37. The summed E-state index contributed by atoms with van der Waals surface area (Å²) in [5.41, 5.74) is 4.47. The van der Waals surface area contributed by atoms with Crippen LogP contribution in [0.15, 0.2) is 0 Å². The van der Waals surface area contributed by atoms with Crippen LogP contribution in [0.5, 0.6) is 0 Å². The molecule has 0 amide bonds. The first-order valence-electron chi connectivity index (χ1n) is 6.91. The molecule has 0 radical (unpaired) electrons. The summed E-state index contributed by atoms with van der Waals surface area (Å²) in [5.74, 6) is -0.186. The predicted octanol–water partition coefficient (Wildman–Crippen LogP) is 1.99. The van der Waals surface area contributed by atoms with Crippen molar-refractivity contribution in [1.29, 1.82) is 0 Å². The van der Waals surface area contributed by atoms with Gasteiger partial charge < -0.3 is 15.6 Å². The van der Waals surface area contributed by atoms with Gasteiger partial charge >= 0.3 is 5.97 Å². The van der Waals surface area contributed by atoms with Gasteiger partial charge in [0.25, 0.3) is 0 Å². The molecule has 18 heavy (non-hydrogen) atoms. The summed E-state index contributed by atoms with van der Waals surface area (Å²) >= 11 is 0. The summed E-state index contributed by atoms with van der Waals surface area (Å²) in [5, 5.41) is 9.77. The third-order valence-electron chi connectivity index (χ3n) is 3.57. The van der Waals surface area contributed by atoms with E-state index in [0.29, 0.717) is 6.42 Å². The number of carbonyl (C=O) groups is 1. The van der Waals surface area contributed by atoms with Gasteiger partial charge in [0, 0.05) is 13.0 Å². The Balaban J connectivity index is 2.74. The molecular formula is C14H27NO3. The highest BCUT2D eigenvalue weighted by atomic mass is 16.6. The standard InChI is InChI=1S/C14H27NO3/c1-13(2,3)12(17)18-14(9-11(16)10-15)7-5-4-6-8-14/h11,16H,4-10,15H2,1-3H3/t11-/m1/s1. The molecule has 0 aromatic carbocycles. The van der Waals surface area contributed by atoms with Gasteiger partial charge in [0.1, 0.15) is 5.60 Å². The molecule has 3 N–H and O–H groups in total. The van der Waals surface area contributed by atoms with E-state index in [4.69, 9.17) is 10.5 Å². The molecule has 0 spiro atoms. The molecule has 1 rings (SSSR count). The molecule has 1 saturated carbocycles. The van der Waals surface area contributed by atoms with Crippen molar-refractivity contribution in [1.82, 2.24) is 0 Å². The molecule has 4 nitrogen and oxygen atoms in total. The van der Waals surface area contributed by atoms with Gasteiger partial charge in [-0.3, -0.25) is 4.79 Å². The summed E-state index contributed by atoms with van der Waals surface area (Å²) in [6, 6.07) is 0. The molecular weight excluding hydrogens is 230 g/mol. The van der Waals surface area contributed by atoms with Crippen LogP contribution >= 0.6 is 0 Å². The van der Waals surface area contributed by atoms with Gasteiger partial charge in [-0.15, -0.1) is 0 Å². The second kappa shape index (κ2) is 6.02. The fourth-order valence-electron chi connectivity index (χ4n) is 2.41. The van der Waals surface area contributed by atoms with Gasteiger partial charge in [0.2, 0.25) is 0 Å². The van der Waals surface area contributed by atoms with E-state index in [2.05, 4.69) is 0 Å². The first-order chi connectivity index (χ1) is 8.29. The number of ether oxygens (including phenoxy) is 1. The number of carbonyl (C=O) groups excluding carboxylic acids is 1. The van der Waals surface area contributed by atoms with Gasteiger partial charge in [-0.1, -0.05) is 6.42 Å². The van der Waals surface area contributed by atoms with Gasteiger partial charge in [-0.05, 0) is 46.5 Å². The summed E-state index contributed by atoms with van der Waals surface area (Å²) < 4.78 is 5.76. The van der Waals surface area contributed by atoms with E-state index in [0.717, 1.165) is 25.7 Å². The zero-order valence-corrected chi connectivity index (χ0v) is 11.9. The highest BCUT2D eigenvalue weighted by Gasteiger charge is 2.40. The molecule has 0 unspecified atom stereocenters. The Morgan fingerprint density at radius 3 is 2.33 bits per heavy atom. The highest BCUT2D eigenvalue weighted by molar-refractivity contribution is 5.75. The van der Waals surface area contributed by atoms with Crippen molar-refractivity contribution in [2.75, 3.05) is 6.54 Å². The van der Waals surface area contributed by atoms with Crippen molar-refractivity contribution in [2.24, 2.45) is 11.1 Å². The lowest BCUT2D eigenvalue weighted by atomic mass is 9.80. The number of nitrogens with two attached hydrogens (primary N) is 1. The largest absolute Gasteiger partial charge is 0.459 e. The van der Waals surface area contributed by atoms with E-state index in [1.165, 1.54) is 6.42 Å². The molecule has 1 aliphatic carbocycles. The van der Waals surface area contributed by atoms with Crippen LogP contribution in [0.25, 0.3) is 0 Å². The average Bonchev–Trinajstić information content (AvgIpc) is 2.28. The Labute approximate surface area is 110 Å². The van der Waals surface area contributed by atoms with E-state index >= 15 is 0 Å². The SMILES string of the molecule is CC(C)(C)C(=O)OC1(C[C@@H](O)CN)CCCCC1.